The zero-order valence-electron chi connectivity index (χ0n) is 15.4. The number of hydrogen-bond acceptors (Lipinski definition) is 7. The molecule has 2 aromatic carbocycles. The second-order valence-electron chi connectivity index (χ2n) is 6.14. The number of fused-ring (bicyclic) bond motifs is 1. The number of nitrogens with zero attached hydrogens (tertiary/aromatic N) is 3. The molecule has 144 valence electrons. The number of amides is 1. The first kappa shape index (κ1) is 18.8. The van der Waals surface area contributed by atoms with E-state index in [1.165, 1.54) is 28.7 Å². The quantitative estimate of drug-likeness (QED) is 0.582. The Balaban J connectivity index is 1.36. The van der Waals surface area contributed by atoms with Crippen molar-refractivity contribution in [3.8, 4) is 5.75 Å². The number of rotatable bonds is 7. The molecule has 0 saturated carbocycles. The molecule has 0 fully saturated rings. The number of carbonyl (C=O) groups is 1. The number of hydrogen-bond donors (Lipinski definition) is 1. The van der Waals surface area contributed by atoms with Crippen LogP contribution in [0, 0.1) is 0 Å². The molecule has 0 aliphatic carbocycles. The molecule has 3 aromatic rings. The van der Waals surface area contributed by atoms with Gasteiger partial charge in [0.1, 0.15) is 5.75 Å². The second kappa shape index (κ2) is 8.62. The maximum atomic E-state index is 12.6. The van der Waals surface area contributed by atoms with Crippen LogP contribution in [0.4, 0.5) is 16.5 Å². The molecule has 28 heavy (non-hydrogen) atoms. The van der Waals surface area contributed by atoms with Crippen LogP contribution in [0.25, 0.3) is 0 Å². The van der Waals surface area contributed by atoms with Crippen molar-refractivity contribution in [2.45, 2.75) is 17.7 Å². The fraction of sp³-hybridized carbons (Fsp3) is 0.250. The molecule has 0 saturated heterocycles. The Morgan fingerprint density at radius 2 is 2.04 bits per heavy atom. The SMILES string of the molecule is CCOc1ccccc1Nc1nnc(SCC(=O)N2CCc3ccccc32)s1. The molecular formula is C20H20N4O2S2. The second-order valence-corrected chi connectivity index (χ2v) is 8.34. The van der Waals surface area contributed by atoms with Crippen LogP contribution >= 0.6 is 23.1 Å². The van der Waals surface area contributed by atoms with Crippen LogP contribution in [0.15, 0.2) is 52.9 Å². The first-order valence-corrected chi connectivity index (χ1v) is 10.9. The van der Waals surface area contributed by atoms with Crippen LogP contribution in [0.5, 0.6) is 5.75 Å². The van der Waals surface area contributed by atoms with Gasteiger partial charge in [0.25, 0.3) is 0 Å². The van der Waals surface area contributed by atoms with Gasteiger partial charge < -0.3 is 15.0 Å². The maximum absolute atomic E-state index is 12.6. The van der Waals surface area contributed by atoms with E-state index in [9.17, 15) is 4.79 Å². The topological polar surface area (TPSA) is 67.3 Å². The van der Waals surface area contributed by atoms with Gasteiger partial charge in [-0.15, -0.1) is 10.2 Å². The summed E-state index contributed by atoms with van der Waals surface area (Å²) < 4.78 is 6.38. The van der Waals surface area contributed by atoms with Crippen molar-refractivity contribution in [1.29, 1.82) is 0 Å². The minimum Gasteiger partial charge on any atom is -0.492 e. The fourth-order valence-electron chi connectivity index (χ4n) is 3.08. The van der Waals surface area contributed by atoms with E-state index in [1.807, 2.05) is 54.3 Å². The number of nitrogens with one attached hydrogen (secondary N) is 1. The molecule has 1 amide bonds. The van der Waals surface area contributed by atoms with Crippen LogP contribution in [-0.2, 0) is 11.2 Å². The highest BCUT2D eigenvalue weighted by atomic mass is 32.2. The van der Waals surface area contributed by atoms with Crippen molar-refractivity contribution in [2.24, 2.45) is 0 Å². The molecule has 0 bridgehead atoms. The largest absolute Gasteiger partial charge is 0.492 e. The molecular weight excluding hydrogens is 392 g/mol. The number of carbonyl (C=O) groups excluding carboxylic acids is 1. The van der Waals surface area contributed by atoms with Crippen LogP contribution < -0.4 is 15.0 Å². The molecule has 1 aliphatic heterocycles. The van der Waals surface area contributed by atoms with Crippen molar-refractivity contribution in [2.75, 3.05) is 29.1 Å². The monoisotopic (exact) mass is 412 g/mol. The van der Waals surface area contributed by atoms with Gasteiger partial charge in [-0.1, -0.05) is 53.4 Å². The van der Waals surface area contributed by atoms with E-state index in [-0.39, 0.29) is 5.91 Å². The molecule has 2 heterocycles. The van der Waals surface area contributed by atoms with E-state index in [0.717, 1.165) is 34.4 Å². The molecule has 0 radical (unpaired) electrons. The van der Waals surface area contributed by atoms with Gasteiger partial charge in [-0.2, -0.15) is 0 Å². The highest BCUT2D eigenvalue weighted by molar-refractivity contribution is 8.01. The number of anilines is 3. The maximum Gasteiger partial charge on any atom is 0.237 e. The Hall–Kier alpha value is -2.58. The Morgan fingerprint density at radius 3 is 2.93 bits per heavy atom. The molecule has 8 heteroatoms. The average molecular weight is 413 g/mol. The van der Waals surface area contributed by atoms with Crippen molar-refractivity contribution in [1.82, 2.24) is 10.2 Å². The first-order chi connectivity index (χ1) is 13.7. The summed E-state index contributed by atoms with van der Waals surface area (Å²) in [6.45, 7) is 3.29. The number of ether oxygens (including phenoxy) is 1. The number of thioether (sulfide) groups is 1. The van der Waals surface area contributed by atoms with Gasteiger partial charge in [-0.3, -0.25) is 4.79 Å². The molecule has 4 rings (SSSR count). The molecule has 6 nitrogen and oxygen atoms in total. The summed E-state index contributed by atoms with van der Waals surface area (Å²) in [6, 6.07) is 15.8. The third-order valence-electron chi connectivity index (χ3n) is 4.34. The van der Waals surface area contributed by atoms with Gasteiger partial charge in [-0.25, -0.2) is 0 Å². The summed E-state index contributed by atoms with van der Waals surface area (Å²) >= 11 is 2.85. The van der Waals surface area contributed by atoms with E-state index >= 15 is 0 Å². The van der Waals surface area contributed by atoms with Gasteiger partial charge in [0.2, 0.25) is 11.0 Å². The van der Waals surface area contributed by atoms with Crippen molar-refractivity contribution < 1.29 is 9.53 Å². The molecule has 0 unspecified atom stereocenters. The molecule has 1 aromatic heterocycles. The third kappa shape index (κ3) is 4.13. The number of para-hydroxylation sites is 3. The third-order valence-corrected chi connectivity index (χ3v) is 6.30. The number of benzene rings is 2. The van der Waals surface area contributed by atoms with Gasteiger partial charge in [0.15, 0.2) is 4.34 Å². The highest BCUT2D eigenvalue weighted by Crippen LogP contribution is 2.33. The summed E-state index contributed by atoms with van der Waals surface area (Å²) in [4.78, 5) is 14.5. The number of aromatic nitrogens is 2. The van der Waals surface area contributed by atoms with E-state index < -0.39 is 0 Å². The lowest BCUT2D eigenvalue weighted by Gasteiger charge is -2.16. The lowest BCUT2D eigenvalue weighted by atomic mass is 10.2. The zero-order chi connectivity index (χ0) is 19.3. The van der Waals surface area contributed by atoms with Crippen molar-refractivity contribution in [3.63, 3.8) is 0 Å². The minimum absolute atomic E-state index is 0.0985. The van der Waals surface area contributed by atoms with Gasteiger partial charge in [0.05, 0.1) is 18.0 Å². The van der Waals surface area contributed by atoms with Crippen molar-refractivity contribution >= 4 is 45.5 Å². The van der Waals surface area contributed by atoms with Gasteiger partial charge >= 0.3 is 0 Å². The smallest absolute Gasteiger partial charge is 0.237 e. The minimum atomic E-state index is 0.0985. The summed E-state index contributed by atoms with van der Waals surface area (Å²) in [7, 11) is 0. The fourth-order valence-corrected chi connectivity index (χ4v) is 4.72. The molecule has 0 atom stereocenters. The van der Waals surface area contributed by atoms with Crippen LogP contribution in [-0.4, -0.2) is 35.0 Å². The Morgan fingerprint density at radius 1 is 1.21 bits per heavy atom. The van der Waals surface area contributed by atoms with E-state index in [2.05, 4.69) is 21.6 Å². The van der Waals surface area contributed by atoms with E-state index in [4.69, 9.17) is 4.74 Å². The predicted molar refractivity (Wildman–Crippen MR) is 114 cm³/mol. The Bertz CT molecular complexity index is 976. The highest BCUT2D eigenvalue weighted by Gasteiger charge is 2.24. The lowest BCUT2D eigenvalue weighted by molar-refractivity contribution is -0.116. The average Bonchev–Trinajstić information content (AvgIpc) is 3.35. The van der Waals surface area contributed by atoms with E-state index in [1.54, 1.807) is 0 Å². The molecule has 1 N–H and O–H groups in total. The van der Waals surface area contributed by atoms with Crippen LogP contribution in [0.3, 0.4) is 0 Å². The summed E-state index contributed by atoms with van der Waals surface area (Å²) in [5.74, 6) is 1.22. The summed E-state index contributed by atoms with van der Waals surface area (Å²) in [5, 5.41) is 12.3. The van der Waals surface area contributed by atoms with Gasteiger partial charge in [-0.05, 0) is 37.1 Å². The normalized spacial score (nSPS) is 12.7. The first-order valence-electron chi connectivity index (χ1n) is 9.08. The standard InChI is InChI=1S/C20H20N4O2S2/c1-2-26-17-10-6-4-8-15(17)21-19-22-23-20(28-19)27-13-18(25)24-12-11-14-7-3-5-9-16(14)24/h3-10H,2,11-13H2,1H3,(H,21,22). The lowest BCUT2D eigenvalue weighted by Crippen LogP contribution is -2.30. The van der Waals surface area contributed by atoms with Crippen LogP contribution in [0.2, 0.25) is 0 Å². The Labute approximate surface area is 171 Å². The summed E-state index contributed by atoms with van der Waals surface area (Å²) in [6.07, 6.45) is 0.915. The van der Waals surface area contributed by atoms with Crippen molar-refractivity contribution in [3.05, 3.63) is 54.1 Å². The predicted octanol–water partition coefficient (Wildman–Crippen LogP) is 4.36. The Kier molecular flexibility index (Phi) is 5.78. The van der Waals surface area contributed by atoms with Gasteiger partial charge in [0, 0.05) is 12.2 Å². The zero-order valence-corrected chi connectivity index (χ0v) is 17.1. The van der Waals surface area contributed by atoms with E-state index in [0.29, 0.717) is 17.5 Å². The van der Waals surface area contributed by atoms with Crippen LogP contribution in [0.1, 0.15) is 12.5 Å². The molecule has 0 spiro atoms. The summed E-state index contributed by atoms with van der Waals surface area (Å²) in [5.41, 5.74) is 3.11. The molecule has 1 aliphatic rings.